The Morgan fingerprint density at radius 2 is 2.00 bits per heavy atom. The van der Waals surface area contributed by atoms with Gasteiger partial charge < -0.3 is 19.9 Å². The molecule has 0 saturated carbocycles. The van der Waals surface area contributed by atoms with Crippen molar-refractivity contribution in [2.75, 3.05) is 6.61 Å². The summed E-state index contributed by atoms with van der Waals surface area (Å²) < 4.78 is 17.9. The number of rotatable bonds is 5. The number of hydrogen-bond donors (Lipinski definition) is 1. The first-order chi connectivity index (χ1) is 11.3. The summed E-state index contributed by atoms with van der Waals surface area (Å²) in [5.41, 5.74) is 5.60. The molecule has 8 nitrogen and oxygen atoms in total. The van der Waals surface area contributed by atoms with Crippen LogP contribution in [0, 0.1) is 5.92 Å². The Morgan fingerprint density at radius 1 is 1.29 bits per heavy atom. The van der Waals surface area contributed by atoms with Gasteiger partial charge in [-0.15, -0.1) is 0 Å². The highest BCUT2D eigenvalue weighted by molar-refractivity contribution is 5.92. The van der Waals surface area contributed by atoms with Crippen LogP contribution in [0.25, 0.3) is 0 Å². The highest BCUT2D eigenvalue weighted by Crippen LogP contribution is 2.33. The molecule has 1 aromatic rings. The first kappa shape index (κ1) is 17.9. The molecule has 2 rings (SSSR count). The molecule has 0 aromatic carbocycles. The van der Waals surface area contributed by atoms with Gasteiger partial charge in [0, 0.05) is 25.8 Å². The Balaban J connectivity index is 2.27. The maximum atomic E-state index is 11.4. The molecule has 0 aliphatic carbocycles. The van der Waals surface area contributed by atoms with Crippen LogP contribution in [-0.4, -0.2) is 36.7 Å². The lowest BCUT2D eigenvalue weighted by molar-refractivity contribution is -0.765. The quantitative estimate of drug-likeness (QED) is 0.603. The molecule has 130 valence electrons. The van der Waals surface area contributed by atoms with E-state index in [0.29, 0.717) is 5.56 Å². The molecule has 2 N–H and O–H groups in total. The average Bonchev–Trinajstić information content (AvgIpc) is 2.81. The predicted octanol–water partition coefficient (Wildman–Crippen LogP) is 0.101. The first-order valence-electron chi connectivity index (χ1n) is 7.56. The summed E-state index contributed by atoms with van der Waals surface area (Å²) in [5, 5.41) is 0. The van der Waals surface area contributed by atoms with Gasteiger partial charge in [0.2, 0.25) is 0 Å². The predicted molar refractivity (Wildman–Crippen MR) is 80.4 cm³/mol. The lowest BCUT2D eigenvalue weighted by atomic mass is 10.0. The third kappa shape index (κ3) is 4.08. The molecule has 1 amide bonds. The van der Waals surface area contributed by atoms with Crippen LogP contribution in [0.15, 0.2) is 24.5 Å². The Morgan fingerprint density at radius 3 is 2.58 bits per heavy atom. The summed E-state index contributed by atoms with van der Waals surface area (Å²) in [6.45, 7) is 4.53. The van der Waals surface area contributed by atoms with Gasteiger partial charge in [0.25, 0.3) is 5.91 Å². The Hall–Kier alpha value is -2.48. The number of ether oxygens (including phenoxy) is 3. The van der Waals surface area contributed by atoms with Crippen LogP contribution >= 0.6 is 0 Å². The van der Waals surface area contributed by atoms with Crippen molar-refractivity contribution in [2.45, 2.75) is 39.2 Å². The maximum Gasteiger partial charge on any atom is 0.303 e. The van der Waals surface area contributed by atoms with Crippen LogP contribution in [0.2, 0.25) is 0 Å². The van der Waals surface area contributed by atoms with Gasteiger partial charge in [0.1, 0.15) is 18.3 Å². The van der Waals surface area contributed by atoms with Gasteiger partial charge >= 0.3 is 18.2 Å². The van der Waals surface area contributed by atoms with Crippen molar-refractivity contribution < 1.29 is 33.2 Å². The van der Waals surface area contributed by atoms with Crippen molar-refractivity contribution in [3.8, 4) is 0 Å². The van der Waals surface area contributed by atoms with Gasteiger partial charge in [0.05, 0.1) is 0 Å². The molecule has 4 atom stereocenters. The number of hydrogen-bond acceptors (Lipinski definition) is 6. The fourth-order valence-electron chi connectivity index (χ4n) is 2.64. The normalized spacial score (nSPS) is 26.0. The Bertz CT molecular complexity index is 647. The molecule has 1 fully saturated rings. The van der Waals surface area contributed by atoms with E-state index in [4.69, 9.17) is 19.9 Å². The zero-order valence-electron chi connectivity index (χ0n) is 13.8. The molecule has 1 aromatic heterocycles. The van der Waals surface area contributed by atoms with Crippen molar-refractivity contribution >= 4 is 17.8 Å². The number of aromatic nitrogens is 1. The number of nitrogens with two attached hydrogens (primary N) is 1. The fraction of sp³-hybridized carbons (Fsp3) is 0.500. The highest BCUT2D eigenvalue weighted by Gasteiger charge is 2.50. The number of carbonyl (C=O) groups excluding carboxylic acids is 3. The minimum Gasteiger partial charge on any atom is -0.463 e. The topological polar surface area (TPSA) is 109 Å². The average molecular weight is 337 g/mol. The SMILES string of the molecule is CC(=O)OC[C@H]1O[C@@H]([n+]2cccc(C(N)=O)c2)[C@H](OC(C)=O)[C@@H]1C. The van der Waals surface area contributed by atoms with E-state index in [1.54, 1.807) is 22.9 Å². The lowest BCUT2D eigenvalue weighted by Gasteiger charge is -2.17. The molecular formula is C16H21N2O6+. The lowest BCUT2D eigenvalue weighted by Crippen LogP contribution is -2.46. The molecule has 0 bridgehead atoms. The van der Waals surface area contributed by atoms with Gasteiger partial charge in [-0.3, -0.25) is 14.4 Å². The number of primary amides is 1. The third-order valence-electron chi connectivity index (χ3n) is 3.85. The maximum absolute atomic E-state index is 11.4. The first-order valence-corrected chi connectivity index (χ1v) is 7.56. The summed E-state index contributed by atoms with van der Waals surface area (Å²) in [6.07, 6.45) is 1.55. The van der Waals surface area contributed by atoms with E-state index in [0.717, 1.165) is 0 Å². The minimum atomic E-state index is -0.649. The second kappa shape index (κ2) is 7.39. The van der Waals surface area contributed by atoms with Crippen molar-refractivity contribution in [3.63, 3.8) is 0 Å². The number of esters is 2. The van der Waals surface area contributed by atoms with Crippen LogP contribution in [0.4, 0.5) is 0 Å². The van der Waals surface area contributed by atoms with Gasteiger partial charge in [-0.1, -0.05) is 6.92 Å². The smallest absolute Gasteiger partial charge is 0.303 e. The number of nitrogens with zero attached hydrogens (tertiary/aromatic N) is 1. The molecule has 1 aliphatic heterocycles. The summed E-state index contributed by atoms with van der Waals surface area (Å²) in [6, 6.07) is 3.23. The minimum absolute atomic E-state index is 0.0564. The molecule has 24 heavy (non-hydrogen) atoms. The molecular weight excluding hydrogens is 316 g/mol. The van der Waals surface area contributed by atoms with Gasteiger partial charge in [0.15, 0.2) is 18.5 Å². The van der Waals surface area contributed by atoms with E-state index < -0.39 is 36.3 Å². The zero-order valence-corrected chi connectivity index (χ0v) is 13.8. The van der Waals surface area contributed by atoms with Gasteiger partial charge in [-0.2, -0.15) is 4.57 Å². The zero-order chi connectivity index (χ0) is 17.9. The van der Waals surface area contributed by atoms with Crippen molar-refractivity contribution in [2.24, 2.45) is 11.7 Å². The van der Waals surface area contributed by atoms with E-state index in [1.165, 1.54) is 20.0 Å². The molecule has 1 saturated heterocycles. The van der Waals surface area contributed by atoms with Crippen LogP contribution in [0.3, 0.4) is 0 Å². The van der Waals surface area contributed by atoms with Crippen LogP contribution < -0.4 is 10.3 Å². The summed E-state index contributed by atoms with van der Waals surface area (Å²) in [4.78, 5) is 33.8. The number of amides is 1. The summed E-state index contributed by atoms with van der Waals surface area (Å²) in [5.74, 6) is -1.64. The number of pyridine rings is 1. The van der Waals surface area contributed by atoms with Crippen LogP contribution in [0.5, 0.6) is 0 Å². The largest absolute Gasteiger partial charge is 0.463 e. The molecule has 8 heteroatoms. The molecule has 1 aliphatic rings. The van der Waals surface area contributed by atoms with E-state index >= 15 is 0 Å². The monoisotopic (exact) mass is 337 g/mol. The van der Waals surface area contributed by atoms with Crippen LogP contribution in [-0.2, 0) is 23.8 Å². The van der Waals surface area contributed by atoms with Crippen molar-refractivity contribution in [1.29, 1.82) is 0 Å². The highest BCUT2D eigenvalue weighted by atomic mass is 16.6. The molecule has 0 radical (unpaired) electrons. The summed E-state index contributed by atoms with van der Waals surface area (Å²) in [7, 11) is 0. The molecule has 0 spiro atoms. The van der Waals surface area contributed by atoms with E-state index in [-0.39, 0.29) is 12.5 Å². The van der Waals surface area contributed by atoms with E-state index in [1.807, 2.05) is 6.92 Å². The van der Waals surface area contributed by atoms with Crippen LogP contribution in [0.1, 0.15) is 37.4 Å². The number of carbonyl (C=O) groups is 3. The summed E-state index contributed by atoms with van der Waals surface area (Å²) >= 11 is 0. The Kier molecular flexibility index (Phi) is 5.50. The van der Waals surface area contributed by atoms with Gasteiger partial charge in [-0.05, 0) is 6.07 Å². The van der Waals surface area contributed by atoms with E-state index in [9.17, 15) is 14.4 Å². The Labute approximate surface area is 139 Å². The standard InChI is InChI=1S/C16H20N2O6/c1-9-13(8-22-10(2)19)24-16(14(9)23-11(3)20)18-6-4-5-12(7-18)15(17)21/h4-7,9,13-14,16H,8H2,1-3H3,(H-,17,21)/p+1/t9-,13-,14-,16-/m1/s1. The molecule has 0 unspecified atom stereocenters. The third-order valence-corrected chi connectivity index (χ3v) is 3.85. The second-order valence-corrected chi connectivity index (χ2v) is 5.70. The fourth-order valence-corrected chi connectivity index (χ4v) is 2.64. The van der Waals surface area contributed by atoms with Crippen molar-refractivity contribution in [3.05, 3.63) is 30.1 Å². The molecule has 2 heterocycles. The van der Waals surface area contributed by atoms with Crippen molar-refractivity contribution in [1.82, 2.24) is 0 Å². The van der Waals surface area contributed by atoms with Gasteiger partial charge in [-0.25, -0.2) is 0 Å². The second-order valence-electron chi connectivity index (χ2n) is 5.70. The van der Waals surface area contributed by atoms with E-state index in [2.05, 4.69) is 0 Å².